The van der Waals surface area contributed by atoms with Crippen molar-refractivity contribution in [2.24, 2.45) is 0 Å². The molecule has 0 saturated heterocycles. The zero-order valence-electron chi connectivity index (χ0n) is 11.4. The minimum absolute atomic E-state index is 0.0342. The molecule has 0 aromatic carbocycles. The molecule has 7 nitrogen and oxygen atoms in total. The van der Waals surface area contributed by atoms with Gasteiger partial charge in [-0.2, -0.15) is 9.50 Å². The molecule has 2 N–H and O–H groups in total. The Hall–Kier alpha value is -1.89. The van der Waals surface area contributed by atoms with Gasteiger partial charge in [-0.25, -0.2) is 4.98 Å². The Bertz CT molecular complexity index is 691. The highest BCUT2D eigenvalue weighted by Gasteiger charge is 2.12. The van der Waals surface area contributed by atoms with Crippen LogP contribution in [0.1, 0.15) is 38.3 Å². The summed E-state index contributed by atoms with van der Waals surface area (Å²) in [6.45, 7) is 3.70. The lowest BCUT2D eigenvalue weighted by molar-refractivity contribution is -0.116. The maximum Gasteiger partial charge on any atom is 0.293 e. The molecule has 0 aliphatic carbocycles. The molecule has 0 atom stereocenters. The first kappa shape index (κ1) is 14.5. The Morgan fingerprint density at radius 2 is 2.15 bits per heavy atom. The minimum atomic E-state index is -0.437. The number of carbonyl (C=O) groups is 1. The lowest BCUT2D eigenvalue weighted by Gasteiger charge is -2.00. The zero-order valence-corrected chi connectivity index (χ0v) is 12.1. The molecule has 0 aliphatic rings. The summed E-state index contributed by atoms with van der Waals surface area (Å²) in [6, 6.07) is 0. The number of anilines is 1. The van der Waals surface area contributed by atoms with E-state index in [1.807, 2.05) is 0 Å². The average molecular weight is 298 g/mol. The zero-order chi connectivity index (χ0) is 14.7. The number of halogens is 1. The molecule has 2 rings (SSSR count). The predicted octanol–water partition coefficient (Wildman–Crippen LogP) is 1.90. The molecular formula is C12H16ClN5O2. The number of unbranched alkanes of at least 4 members (excludes halogenated alkanes) is 2. The quantitative estimate of drug-likeness (QED) is 0.824. The van der Waals surface area contributed by atoms with Crippen LogP contribution in [0.5, 0.6) is 0 Å². The van der Waals surface area contributed by atoms with E-state index >= 15 is 0 Å². The Morgan fingerprint density at radius 1 is 1.40 bits per heavy atom. The third-order valence-electron chi connectivity index (χ3n) is 2.87. The smallest absolute Gasteiger partial charge is 0.293 e. The van der Waals surface area contributed by atoms with Crippen LogP contribution < -0.4 is 10.9 Å². The van der Waals surface area contributed by atoms with Crippen LogP contribution in [0.2, 0.25) is 5.02 Å². The summed E-state index contributed by atoms with van der Waals surface area (Å²) in [5.41, 5.74) is -0.0304. The second-order valence-electron chi connectivity index (χ2n) is 4.53. The van der Waals surface area contributed by atoms with Crippen molar-refractivity contribution in [2.75, 3.05) is 5.32 Å². The normalized spacial score (nSPS) is 10.9. The average Bonchev–Trinajstić information content (AvgIpc) is 2.79. The molecule has 1 amide bonds. The van der Waals surface area contributed by atoms with Gasteiger partial charge in [-0.15, -0.1) is 0 Å². The first-order chi connectivity index (χ1) is 9.52. The topological polar surface area (TPSA) is 92.2 Å². The third kappa shape index (κ3) is 2.98. The monoisotopic (exact) mass is 297 g/mol. The fraction of sp³-hybridized carbons (Fsp3) is 0.500. The number of aryl methyl sites for hydroxylation is 1. The molecule has 0 unspecified atom stereocenters. The molecule has 108 valence electrons. The molecule has 2 aromatic heterocycles. The van der Waals surface area contributed by atoms with Crippen LogP contribution in [0.15, 0.2) is 4.79 Å². The number of carbonyl (C=O) groups excluding carboxylic acids is 1. The lowest BCUT2D eigenvalue weighted by atomic mass is 10.2. The summed E-state index contributed by atoms with van der Waals surface area (Å²) in [5, 5.41) is 5.31. The first-order valence-corrected chi connectivity index (χ1v) is 6.85. The molecule has 0 aliphatic heterocycles. The van der Waals surface area contributed by atoms with Gasteiger partial charge in [-0.3, -0.25) is 20.0 Å². The number of amides is 1. The number of aromatic nitrogens is 4. The van der Waals surface area contributed by atoms with Crippen molar-refractivity contribution in [2.45, 2.75) is 39.5 Å². The number of aromatic amines is 1. The highest BCUT2D eigenvalue weighted by Crippen LogP contribution is 2.09. The second kappa shape index (κ2) is 6.04. The molecule has 0 bridgehead atoms. The number of rotatable bonds is 5. The van der Waals surface area contributed by atoms with E-state index in [0.717, 1.165) is 23.8 Å². The molecule has 0 saturated carbocycles. The summed E-state index contributed by atoms with van der Waals surface area (Å²) in [7, 11) is 0. The summed E-state index contributed by atoms with van der Waals surface area (Å²) in [4.78, 5) is 31.7. The third-order valence-corrected chi connectivity index (χ3v) is 3.31. The van der Waals surface area contributed by atoms with E-state index in [2.05, 4.69) is 27.3 Å². The lowest BCUT2D eigenvalue weighted by Crippen LogP contribution is -2.17. The van der Waals surface area contributed by atoms with Crippen LogP contribution in [0.4, 0.5) is 5.95 Å². The molecule has 2 heterocycles. The summed E-state index contributed by atoms with van der Waals surface area (Å²) in [5.74, 6) is 0.229. The van der Waals surface area contributed by atoms with E-state index in [-0.39, 0.29) is 22.7 Å². The maximum absolute atomic E-state index is 11.9. The highest BCUT2D eigenvalue weighted by atomic mass is 35.5. The van der Waals surface area contributed by atoms with Gasteiger partial charge in [0.05, 0.1) is 5.69 Å². The number of fused-ring (bicyclic) bond motifs is 1. The van der Waals surface area contributed by atoms with Crippen LogP contribution in [-0.2, 0) is 4.79 Å². The standard InChI is InChI=1S/C12H16ClN5O2/c1-3-4-5-6-8(19)15-11-16-12-14-7(2)9(13)10(20)18(12)17-11/h3-6H2,1-2H3,(H2,14,15,16,17,19). The molecule has 20 heavy (non-hydrogen) atoms. The van der Waals surface area contributed by atoms with E-state index in [1.165, 1.54) is 0 Å². The van der Waals surface area contributed by atoms with Crippen LogP contribution in [0, 0.1) is 6.92 Å². The van der Waals surface area contributed by atoms with Crippen molar-refractivity contribution in [1.82, 2.24) is 19.6 Å². The van der Waals surface area contributed by atoms with Gasteiger partial charge in [0.2, 0.25) is 11.9 Å². The summed E-state index contributed by atoms with van der Waals surface area (Å²) in [6.07, 6.45) is 3.30. The fourth-order valence-corrected chi connectivity index (χ4v) is 1.91. The van der Waals surface area contributed by atoms with Crippen LogP contribution >= 0.6 is 11.6 Å². The molecule has 2 aromatic rings. The van der Waals surface area contributed by atoms with Crippen LogP contribution in [-0.4, -0.2) is 25.5 Å². The van der Waals surface area contributed by atoms with E-state index in [4.69, 9.17) is 11.6 Å². The van der Waals surface area contributed by atoms with E-state index in [9.17, 15) is 9.59 Å². The number of hydrogen-bond acceptors (Lipinski definition) is 4. The maximum atomic E-state index is 11.9. The van der Waals surface area contributed by atoms with Gasteiger partial charge < -0.3 is 0 Å². The van der Waals surface area contributed by atoms with Gasteiger partial charge >= 0.3 is 0 Å². The van der Waals surface area contributed by atoms with E-state index in [0.29, 0.717) is 12.1 Å². The summed E-state index contributed by atoms with van der Waals surface area (Å²) < 4.78 is 1.11. The van der Waals surface area contributed by atoms with E-state index in [1.54, 1.807) is 6.92 Å². The SMILES string of the molecule is CCCCCC(=O)Nc1nc2nc(C)c(Cl)c(=O)n2[nH]1. The Balaban J connectivity index is 2.18. The van der Waals surface area contributed by atoms with Gasteiger partial charge in [0.25, 0.3) is 11.3 Å². The molecule has 8 heteroatoms. The van der Waals surface area contributed by atoms with Gasteiger partial charge in [-0.05, 0) is 13.3 Å². The molecular weight excluding hydrogens is 282 g/mol. The highest BCUT2D eigenvalue weighted by molar-refractivity contribution is 6.31. The van der Waals surface area contributed by atoms with Crippen molar-refractivity contribution in [3.05, 3.63) is 21.1 Å². The largest absolute Gasteiger partial charge is 0.295 e. The molecule has 0 radical (unpaired) electrons. The van der Waals surface area contributed by atoms with Crippen molar-refractivity contribution in [3.8, 4) is 0 Å². The van der Waals surface area contributed by atoms with Gasteiger partial charge in [0, 0.05) is 6.42 Å². The van der Waals surface area contributed by atoms with Crippen molar-refractivity contribution >= 4 is 29.2 Å². The van der Waals surface area contributed by atoms with Crippen LogP contribution in [0.25, 0.3) is 5.78 Å². The Labute approximate surface area is 120 Å². The second-order valence-corrected chi connectivity index (χ2v) is 4.91. The number of nitrogens with zero attached hydrogens (tertiary/aromatic N) is 3. The van der Waals surface area contributed by atoms with Gasteiger partial charge in [0.1, 0.15) is 5.02 Å². The summed E-state index contributed by atoms with van der Waals surface area (Å²) >= 11 is 5.83. The first-order valence-electron chi connectivity index (χ1n) is 6.47. The van der Waals surface area contributed by atoms with Gasteiger partial charge in [0.15, 0.2) is 0 Å². The minimum Gasteiger partial charge on any atom is -0.295 e. The van der Waals surface area contributed by atoms with Gasteiger partial charge in [-0.1, -0.05) is 31.4 Å². The predicted molar refractivity (Wildman–Crippen MR) is 76.1 cm³/mol. The van der Waals surface area contributed by atoms with Crippen molar-refractivity contribution in [3.63, 3.8) is 0 Å². The van der Waals surface area contributed by atoms with Crippen molar-refractivity contribution < 1.29 is 4.79 Å². The Morgan fingerprint density at radius 3 is 2.85 bits per heavy atom. The van der Waals surface area contributed by atoms with Crippen molar-refractivity contribution in [1.29, 1.82) is 0 Å². The van der Waals surface area contributed by atoms with Crippen LogP contribution in [0.3, 0.4) is 0 Å². The molecule has 0 spiro atoms. The molecule has 0 fully saturated rings. The number of hydrogen-bond donors (Lipinski definition) is 2. The fourth-order valence-electron chi connectivity index (χ4n) is 1.79. The Kier molecular flexibility index (Phi) is 4.39. The number of H-pyrrole nitrogens is 1. The van der Waals surface area contributed by atoms with E-state index < -0.39 is 5.56 Å². The number of nitrogens with one attached hydrogen (secondary N) is 2.